The van der Waals surface area contributed by atoms with Gasteiger partial charge in [-0.25, -0.2) is 4.39 Å². The number of hydrogen-bond donors (Lipinski definition) is 1. The second-order valence-corrected chi connectivity index (χ2v) is 7.91. The summed E-state index contributed by atoms with van der Waals surface area (Å²) in [6, 6.07) is 10.3. The van der Waals surface area contributed by atoms with Crippen LogP contribution in [0.5, 0.6) is 5.75 Å². The summed E-state index contributed by atoms with van der Waals surface area (Å²) >= 11 is 1.64. The van der Waals surface area contributed by atoms with Crippen LogP contribution >= 0.6 is 11.9 Å². The molecule has 158 valence electrons. The lowest BCUT2D eigenvalue weighted by atomic mass is 10.0. The zero-order chi connectivity index (χ0) is 21.3. The number of furan rings is 1. The molecule has 0 saturated heterocycles. The predicted octanol–water partition coefficient (Wildman–Crippen LogP) is 4.41. The molecule has 1 N–H and O–H groups in total. The summed E-state index contributed by atoms with van der Waals surface area (Å²) in [5.74, 6) is 0.779. The fraction of sp³-hybridized carbons (Fsp3) is 0.318. The summed E-state index contributed by atoms with van der Waals surface area (Å²) in [7, 11) is 1.68. The average molecular weight is 430 g/mol. The second kappa shape index (κ2) is 8.67. The van der Waals surface area contributed by atoms with Crippen molar-refractivity contribution in [1.29, 1.82) is 0 Å². The summed E-state index contributed by atoms with van der Waals surface area (Å²) in [5, 5.41) is 0.822. The molecule has 0 fully saturated rings. The third-order valence-electron chi connectivity index (χ3n) is 5.49. The van der Waals surface area contributed by atoms with Crippen molar-refractivity contribution < 1.29 is 18.4 Å². The molecule has 0 amide bonds. The Hall–Kier alpha value is -2.55. The number of anilines is 1. The molecule has 1 aliphatic rings. The number of carbonyl (C=O) groups excluding carboxylic acids is 1. The van der Waals surface area contributed by atoms with Gasteiger partial charge in [-0.2, -0.15) is 5.48 Å². The van der Waals surface area contributed by atoms with E-state index < -0.39 is 0 Å². The number of hydrogen-bond acceptors (Lipinski definition) is 7. The lowest BCUT2D eigenvalue weighted by molar-refractivity contribution is -0.109. The molecule has 0 spiro atoms. The Kier molecular flexibility index (Phi) is 5.99. The van der Waals surface area contributed by atoms with Gasteiger partial charge in [-0.15, -0.1) is 0 Å². The van der Waals surface area contributed by atoms with E-state index in [1.807, 2.05) is 12.3 Å². The van der Waals surface area contributed by atoms with Crippen LogP contribution in [-0.2, 0) is 4.79 Å². The first kappa shape index (κ1) is 20.7. The van der Waals surface area contributed by atoms with Gasteiger partial charge in [-0.05, 0) is 42.8 Å². The molecule has 1 aliphatic heterocycles. The van der Waals surface area contributed by atoms with Crippen LogP contribution in [0.2, 0.25) is 0 Å². The van der Waals surface area contributed by atoms with Gasteiger partial charge in [0.05, 0.1) is 17.6 Å². The minimum absolute atomic E-state index is 0.0540. The number of fused-ring (bicyclic) bond motifs is 2. The summed E-state index contributed by atoms with van der Waals surface area (Å²) in [4.78, 5) is 19.1. The molecule has 2 heterocycles. The number of nitrogens with zero attached hydrogens (tertiary/aromatic N) is 2. The van der Waals surface area contributed by atoms with E-state index >= 15 is 0 Å². The number of benzene rings is 2. The number of aldehydes is 1. The summed E-state index contributed by atoms with van der Waals surface area (Å²) < 4.78 is 21.8. The van der Waals surface area contributed by atoms with Crippen molar-refractivity contribution in [2.24, 2.45) is 0 Å². The third-order valence-corrected chi connectivity index (χ3v) is 6.31. The van der Waals surface area contributed by atoms with E-state index in [1.54, 1.807) is 31.1 Å². The average Bonchev–Trinajstić information content (AvgIpc) is 3.04. The maximum atomic E-state index is 13.4. The Labute approximate surface area is 179 Å². The number of rotatable bonds is 6. The van der Waals surface area contributed by atoms with Crippen LogP contribution < -0.4 is 14.6 Å². The summed E-state index contributed by atoms with van der Waals surface area (Å²) in [5.41, 5.74) is 6.31. The second-order valence-electron chi connectivity index (χ2n) is 7.10. The highest BCUT2D eigenvalue weighted by Gasteiger charge is 2.28. The van der Waals surface area contributed by atoms with E-state index in [-0.39, 0.29) is 11.9 Å². The molecule has 1 unspecified atom stereocenters. The quantitative estimate of drug-likeness (QED) is 0.354. The van der Waals surface area contributed by atoms with Crippen LogP contribution in [0.15, 0.2) is 40.8 Å². The monoisotopic (exact) mass is 429 g/mol. The van der Waals surface area contributed by atoms with Gasteiger partial charge >= 0.3 is 0 Å². The highest BCUT2D eigenvalue weighted by Crippen LogP contribution is 2.45. The molecular formula is C22H24FN3O3S. The maximum Gasteiger partial charge on any atom is 0.201 e. The van der Waals surface area contributed by atoms with Crippen LogP contribution in [-0.4, -0.2) is 44.1 Å². The Morgan fingerprint density at radius 3 is 2.73 bits per heavy atom. The molecule has 1 atom stereocenters. The van der Waals surface area contributed by atoms with Crippen molar-refractivity contribution in [2.45, 2.75) is 13.0 Å². The van der Waals surface area contributed by atoms with Crippen LogP contribution in [0.25, 0.3) is 22.3 Å². The van der Waals surface area contributed by atoms with E-state index in [2.05, 4.69) is 27.7 Å². The first-order valence-electron chi connectivity index (χ1n) is 9.76. The Morgan fingerprint density at radius 2 is 2.07 bits per heavy atom. The number of halogens is 1. The Balaban J connectivity index is 1.92. The van der Waals surface area contributed by atoms with Crippen molar-refractivity contribution in [2.75, 3.05) is 37.2 Å². The zero-order valence-corrected chi connectivity index (χ0v) is 18.0. The highest BCUT2D eigenvalue weighted by atomic mass is 32.2. The lowest BCUT2D eigenvalue weighted by Crippen LogP contribution is -2.32. The van der Waals surface area contributed by atoms with Gasteiger partial charge in [0, 0.05) is 44.1 Å². The lowest BCUT2D eigenvalue weighted by Gasteiger charge is -2.25. The summed E-state index contributed by atoms with van der Waals surface area (Å²) in [6.07, 6.45) is 2.99. The first-order valence-corrected chi connectivity index (χ1v) is 10.9. The molecule has 0 aliphatic carbocycles. The molecule has 3 aromatic rings. The maximum absolute atomic E-state index is 13.4. The van der Waals surface area contributed by atoms with E-state index in [0.717, 1.165) is 41.6 Å². The van der Waals surface area contributed by atoms with Crippen molar-refractivity contribution in [1.82, 2.24) is 10.4 Å². The molecule has 0 saturated carbocycles. The van der Waals surface area contributed by atoms with Crippen LogP contribution in [0.4, 0.5) is 10.1 Å². The molecule has 6 nitrogen and oxygen atoms in total. The molecule has 2 aromatic carbocycles. The molecular weight excluding hydrogens is 405 g/mol. The molecule has 1 aromatic heterocycles. The van der Waals surface area contributed by atoms with E-state index in [1.165, 1.54) is 12.1 Å². The van der Waals surface area contributed by atoms with E-state index in [4.69, 9.17) is 9.25 Å². The largest absolute Gasteiger partial charge is 0.452 e. The third kappa shape index (κ3) is 3.66. The van der Waals surface area contributed by atoms with Crippen molar-refractivity contribution >= 4 is 34.9 Å². The topological polar surface area (TPSA) is 58.0 Å². The predicted molar refractivity (Wildman–Crippen MR) is 118 cm³/mol. The van der Waals surface area contributed by atoms with Gasteiger partial charge in [0.2, 0.25) is 5.75 Å². The first-order chi connectivity index (χ1) is 14.6. The minimum Gasteiger partial charge on any atom is -0.452 e. The van der Waals surface area contributed by atoms with Crippen molar-refractivity contribution in [3.63, 3.8) is 0 Å². The smallest absolute Gasteiger partial charge is 0.201 e. The van der Waals surface area contributed by atoms with E-state index in [0.29, 0.717) is 23.6 Å². The number of nitrogens with one attached hydrogen (secondary N) is 1. The van der Waals surface area contributed by atoms with Crippen molar-refractivity contribution in [3.8, 4) is 17.1 Å². The molecule has 30 heavy (non-hydrogen) atoms. The number of hydroxylamine groups is 1. The molecule has 0 bridgehead atoms. The van der Waals surface area contributed by atoms with Gasteiger partial charge in [0.1, 0.15) is 17.7 Å². The Morgan fingerprint density at radius 1 is 1.30 bits per heavy atom. The standard InChI is InChI=1S/C22H24FN3O3S/c1-14-17-12-18-20(13-19(17)26(30-3)9-8-25(14)10-11-27)28-21(22(18)29-24-2)15-4-6-16(23)7-5-15/h4-7,11-14,24H,8-10H2,1-3H3. The SMILES string of the molecule is CNOc1c(-c2ccc(F)cc2)oc2cc3c(cc12)C(C)N(CC=O)CCN3SC. The summed E-state index contributed by atoms with van der Waals surface area (Å²) in [6.45, 7) is 4.07. The normalized spacial score (nSPS) is 17.1. The van der Waals surface area contributed by atoms with E-state index in [9.17, 15) is 9.18 Å². The molecule has 4 rings (SSSR count). The minimum atomic E-state index is -0.308. The fourth-order valence-electron chi connectivity index (χ4n) is 3.94. The van der Waals surface area contributed by atoms with Gasteiger partial charge in [0.15, 0.2) is 5.76 Å². The number of carbonyl (C=O) groups is 1. The van der Waals surface area contributed by atoms with Gasteiger partial charge < -0.3 is 18.4 Å². The van der Waals surface area contributed by atoms with Gasteiger partial charge in [-0.3, -0.25) is 4.90 Å². The molecule has 8 heteroatoms. The van der Waals surface area contributed by atoms with Crippen LogP contribution in [0.1, 0.15) is 18.5 Å². The van der Waals surface area contributed by atoms with Crippen LogP contribution in [0.3, 0.4) is 0 Å². The zero-order valence-electron chi connectivity index (χ0n) is 17.1. The Bertz CT molecular complexity index is 1050. The molecule has 0 radical (unpaired) electrons. The highest BCUT2D eigenvalue weighted by molar-refractivity contribution is 7.99. The van der Waals surface area contributed by atoms with Gasteiger partial charge in [0.25, 0.3) is 0 Å². The van der Waals surface area contributed by atoms with Crippen molar-refractivity contribution in [3.05, 3.63) is 47.8 Å². The van der Waals surface area contributed by atoms with Crippen LogP contribution in [0, 0.1) is 5.82 Å². The van der Waals surface area contributed by atoms with Gasteiger partial charge in [-0.1, -0.05) is 11.9 Å². The fourth-order valence-corrected chi connectivity index (χ4v) is 4.56.